The zero-order valence-corrected chi connectivity index (χ0v) is 11.0. The normalized spacial score (nSPS) is 16.3. The van der Waals surface area contributed by atoms with Crippen molar-refractivity contribution >= 4 is 19.7 Å². The summed E-state index contributed by atoms with van der Waals surface area (Å²) in [5.41, 5.74) is -0.292. The molecule has 0 radical (unpaired) electrons. The number of hydrogen-bond acceptors (Lipinski definition) is 4. The molecule has 0 aromatic carbocycles. The van der Waals surface area contributed by atoms with Crippen molar-refractivity contribution in [3.63, 3.8) is 0 Å². The van der Waals surface area contributed by atoms with Gasteiger partial charge in [-0.1, -0.05) is 6.92 Å². The summed E-state index contributed by atoms with van der Waals surface area (Å²) < 4.78 is 31.8. The highest BCUT2D eigenvalue weighted by molar-refractivity contribution is 8.13. The fraction of sp³-hybridized carbons (Fsp3) is 1.00. The minimum Gasteiger partial charge on any atom is -0.378 e. The molecular weight excluding hydrogens is 240 g/mol. The number of hydrogen-bond donors (Lipinski definition) is 0. The molecule has 0 N–H and O–H groups in total. The molecule has 0 spiro atoms. The van der Waals surface area contributed by atoms with Crippen molar-refractivity contribution in [3.8, 4) is 0 Å². The molecule has 0 heterocycles. The van der Waals surface area contributed by atoms with E-state index >= 15 is 0 Å². The van der Waals surface area contributed by atoms with E-state index in [9.17, 15) is 8.42 Å². The van der Waals surface area contributed by atoms with Crippen LogP contribution in [-0.4, -0.2) is 40.1 Å². The van der Waals surface area contributed by atoms with E-state index in [1.807, 2.05) is 13.8 Å². The highest BCUT2D eigenvalue weighted by atomic mass is 35.7. The average molecular weight is 259 g/mol. The first-order valence-corrected chi connectivity index (χ1v) is 7.36. The van der Waals surface area contributed by atoms with E-state index in [0.29, 0.717) is 19.6 Å². The summed E-state index contributed by atoms with van der Waals surface area (Å²) in [6.07, 6.45) is 1.26. The molecule has 15 heavy (non-hydrogen) atoms. The van der Waals surface area contributed by atoms with Gasteiger partial charge in [-0.05, 0) is 19.8 Å². The molecule has 0 aromatic heterocycles. The SMILES string of the molecule is CCC(C)(COCCCS(=O)(=O)Cl)OC. The Morgan fingerprint density at radius 1 is 1.40 bits per heavy atom. The molecular formula is C9H19ClO4S. The second-order valence-electron chi connectivity index (χ2n) is 3.66. The zero-order valence-electron chi connectivity index (χ0n) is 9.45. The number of methoxy groups -OCH3 is 1. The first-order valence-electron chi connectivity index (χ1n) is 4.88. The molecule has 0 aliphatic heterocycles. The Morgan fingerprint density at radius 2 is 2.00 bits per heavy atom. The van der Waals surface area contributed by atoms with E-state index in [4.69, 9.17) is 20.2 Å². The zero-order chi connectivity index (χ0) is 11.9. The van der Waals surface area contributed by atoms with Crippen molar-refractivity contribution < 1.29 is 17.9 Å². The largest absolute Gasteiger partial charge is 0.378 e. The van der Waals surface area contributed by atoms with Crippen LogP contribution in [0.2, 0.25) is 0 Å². The van der Waals surface area contributed by atoms with E-state index in [2.05, 4.69) is 0 Å². The summed E-state index contributed by atoms with van der Waals surface area (Å²) >= 11 is 0. The van der Waals surface area contributed by atoms with Gasteiger partial charge in [0.25, 0.3) is 0 Å². The molecule has 0 rings (SSSR count). The van der Waals surface area contributed by atoms with Crippen molar-refractivity contribution in [2.75, 3.05) is 26.1 Å². The minimum absolute atomic E-state index is 0.0512. The highest BCUT2D eigenvalue weighted by Crippen LogP contribution is 2.14. The van der Waals surface area contributed by atoms with Crippen LogP contribution in [0.15, 0.2) is 0 Å². The highest BCUT2D eigenvalue weighted by Gasteiger charge is 2.20. The van der Waals surface area contributed by atoms with Gasteiger partial charge in [0.05, 0.1) is 18.0 Å². The van der Waals surface area contributed by atoms with Crippen LogP contribution in [0.25, 0.3) is 0 Å². The van der Waals surface area contributed by atoms with E-state index in [0.717, 1.165) is 6.42 Å². The Morgan fingerprint density at radius 3 is 2.40 bits per heavy atom. The van der Waals surface area contributed by atoms with Gasteiger partial charge < -0.3 is 9.47 Å². The van der Waals surface area contributed by atoms with Crippen LogP contribution in [0, 0.1) is 0 Å². The second kappa shape index (κ2) is 6.68. The summed E-state index contributed by atoms with van der Waals surface area (Å²) in [5, 5.41) is 0. The molecule has 6 heteroatoms. The molecule has 0 saturated heterocycles. The quantitative estimate of drug-likeness (QED) is 0.492. The van der Waals surface area contributed by atoms with E-state index in [1.54, 1.807) is 7.11 Å². The predicted octanol–water partition coefficient (Wildman–Crippen LogP) is 1.78. The van der Waals surface area contributed by atoms with Crippen molar-refractivity contribution in [3.05, 3.63) is 0 Å². The van der Waals surface area contributed by atoms with Crippen LogP contribution >= 0.6 is 10.7 Å². The van der Waals surface area contributed by atoms with Gasteiger partial charge in [0.2, 0.25) is 9.05 Å². The van der Waals surface area contributed by atoms with Crippen LogP contribution in [0.5, 0.6) is 0 Å². The van der Waals surface area contributed by atoms with Crippen molar-refractivity contribution in [1.29, 1.82) is 0 Å². The van der Waals surface area contributed by atoms with Gasteiger partial charge in [0, 0.05) is 24.4 Å². The third-order valence-corrected chi connectivity index (χ3v) is 3.56. The third kappa shape index (κ3) is 8.02. The summed E-state index contributed by atoms with van der Waals surface area (Å²) in [4.78, 5) is 0. The van der Waals surface area contributed by atoms with Crippen LogP contribution in [-0.2, 0) is 18.5 Å². The summed E-state index contributed by atoms with van der Waals surface area (Å²) in [7, 11) is 3.29. The lowest BCUT2D eigenvalue weighted by Crippen LogP contribution is -2.32. The van der Waals surface area contributed by atoms with Crippen molar-refractivity contribution in [2.24, 2.45) is 0 Å². The third-order valence-electron chi connectivity index (χ3n) is 2.32. The van der Waals surface area contributed by atoms with Crippen LogP contribution in [0.3, 0.4) is 0 Å². The van der Waals surface area contributed by atoms with E-state index < -0.39 is 9.05 Å². The molecule has 0 saturated carbocycles. The van der Waals surface area contributed by atoms with Crippen LogP contribution in [0.1, 0.15) is 26.7 Å². The summed E-state index contributed by atoms with van der Waals surface area (Å²) in [6, 6.07) is 0. The second-order valence-corrected chi connectivity index (χ2v) is 6.55. The molecule has 0 aliphatic rings. The Kier molecular flexibility index (Phi) is 6.75. The minimum atomic E-state index is -3.39. The summed E-state index contributed by atoms with van der Waals surface area (Å²) in [5.74, 6) is -0.0512. The van der Waals surface area contributed by atoms with Gasteiger partial charge in [-0.25, -0.2) is 8.42 Å². The number of rotatable bonds is 8. The van der Waals surface area contributed by atoms with E-state index in [1.165, 1.54) is 0 Å². The van der Waals surface area contributed by atoms with Gasteiger partial charge >= 0.3 is 0 Å². The number of halogens is 1. The molecule has 1 unspecified atom stereocenters. The van der Waals surface area contributed by atoms with Crippen LogP contribution < -0.4 is 0 Å². The van der Waals surface area contributed by atoms with Crippen molar-refractivity contribution in [2.45, 2.75) is 32.3 Å². The topological polar surface area (TPSA) is 52.6 Å². The standard InChI is InChI=1S/C9H19ClO4S/c1-4-9(2,13-3)8-14-6-5-7-15(10,11)12/h4-8H2,1-3H3. The van der Waals surface area contributed by atoms with Gasteiger partial charge in [0.15, 0.2) is 0 Å². The summed E-state index contributed by atoms with van der Waals surface area (Å²) in [6.45, 7) is 4.80. The maximum Gasteiger partial charge on any atom is 0.232 e. The molecule has 0 amide bonds. The fourth-order valence-electron chi connectivity index (χ4n) is 0.927. The monoisotopic (exact) mass is 258 g/mol. The van der Waals surface area contributed by atoms with Crippen LogP contribution in [0.4, 0.5) is 0 Å². The van der Waals surface area contributed by atoms with Gasteiger partial charge in [-0.2, -0.15) is 0 Å². The average Bonchev–Trinajstić information content (AvgIpc) is 2.15. The Balaban J connectivity index is 3.63. The molecule has 1 atom stereocenters. The van der Waals surface area contributed by atoms with Crippen molar-refractivity contribution in [1.82, 2.24) is 0 Å². The lowest BCUT2D eigenvalue weighted by Gasteiger charge is -2.26. The predicted molar refractivity (Wildman–Crippen MR) is 60.8 cm³/mol. The Bertz CT molecular complexity index is 259. The van der Waals surface area contributed by atoms with Gasteiger partial charge in [-0.15, -0.1) is 0 Å². The first kappa shape index (κ1) is 15.2. The Hall–Kier alpha value is 0.160. The molecule has 4 nitrogen and oxygen atoms in total. The molecule has 92 valence electrons. The number of ether oxygens (including phenoxy) is 2. The van der Waals surface area contributed by atoms with Gasteiger partial charge in [0.1, 0.15) is 0 Å². The molecule has 0 aromatic rings. The molecule has 0 fully saturated rings. The lowest BCUT2D eigenvalue weighted by atomic mass is 10.1. The maximum absolute atomic E-state index is 10.6. The Labute approximate surface area is 96.3 Å². The fourth-order valence-corrected chi connectivity index (χ4v) is 1.72. The molecule has 0 aliphatic carbocycles. The first-order chi connectivity index (χ1) is 6.83. The van der Waals surface area contributed by atoms with E-state index in [-0.39, 0.29) is 11.4 Å². The molecule has 0 bridgehead atoms. The van der Waals surface area contributed by atoms with Gasteiger partial charge in [-0.3, -0.25) is 0 Å². The lowest BCUT2D eigenvalue weighted by molar-refractivity contribution is -0.0648. The maximum atomic E-state index is 10.6. The smallest absolute Gasteiger partial charge is 0.232 e.